The zero-order valence-corrected chi connectivity index (χ0v) is 21.2. The molecule has 36 heavy (non-hydrogen) atoms. The summed E-state index contributed by atoms with van der Waals surface area (Å²) in [7, 11) is 3.73. The van der Waals surface area contributed by atoms with Crippen LogP contribution < -0.4 is 4.74 Å². The molecule has 0 unspecified atom stereocenters. The highest BCUT2D eigenvalue weighted by Crippen LogP contribution is 2.33. The van der Waals surface area contributed by atoms with Crippen LogP contribution in [-0.4, -0.2) is 67.3 Å². The Balaban J connectivity index is 1.49. The number of aromatic nitrogens is 2. The Morgan fingerprint density at radius 2 is 1.94 bits per heavy atom. The number of nitriles is 1. The molecule has 1 aliphatic carbocycles. The number of hydrogen-bond acceptors (Lipinski definition) is 9. The van der Waals surface area contributed by atoms with Gasteiger partial charge < -0.3 is 23.7 Å². The van der Waals surface area contributed by atoms with Crippen molar-refractivity contribution in [2.75, 3.05) is 40.5 Å². The Kier molecular flexibility index (Phi) is 8.31. The predicted molar refractivity (Wildman–Crippen MR) is 136 cm³/mol. The van der Waals surface area contributed by atoms with Crippen molar-refractivity contribution in [3.63, 3.8) is 0 Å². The second kappa shape index (κ2) is 11.8. The van der Waals surface area contributed by atoms with E-state index in [1.807, 2.05) is 45.2 Å². The van der Waals surface area contributed by atoms with Gasteiger partial charge in [0.15, 0.2) is 0 Å². The minimum absolute atomic E-state index is 0.0285. The maximum atomic E-state index is 9.53. The van der Waals surface area contributed by atoms with E-state index in [-0.39, 0.29) is 6.10 Å². The van der Waals surface area contributed by atoms with Crippen molar-refractivity contribution in [1.29, 1.82) is 5.26 Å². The number of rotatable bonds is 11. The van der Waals surface area contributed by atoms with Gasteiger partial charge in [-0.2, -0.15) is 10.2 Å². The maximum absolute atomic E-state index is 9.53. The molecule has 1 aromatic heterocycles. The molecule has 2 aromatic carbocycles. The van der Waals surface area contributed by atoms with Crippen molar-refractivity contribution >= 4 is 5.71 Å². The molecular formula is C27H31N5O4. The van der Waals surface area contributed by atoms with Crippen molar-refractivity contribution in [2.45, 2.75) is 32.8 Å². The minimum atomic E-state index is -0.0285. The molecule has 9 nitrogen and oxygen atoms in total. The first-order chi connectivity index (χ1) is 17.5. The largest absolute Gasteiger partial charge is 0.490 e. The van der Waals surface area contributed by atoms with Gasteiger partial charge in [-0.1, -0.05) is 28.5 Å². The van der Waals surface area contributed by atoms with Crippen LogP contribution >= 0.6 is 0 Å². The van der Waals surface area contributed by atoms with Crippen molar-refractivity contribution < 1.29 is 18.8 Å². The fraction of sp³-hybridized carbons (Fsp3) is 0.407. The van der Waals surface area contributed by atoms with Crippen LogP contribution in [0.4, 0.5) is 0 Å². The van der Waals surface area contributed by atoms with E-state index < -0.39 is 0 Å². The number of benzene rings is 2. The number of likely N-dealkylation sites (N-methyl/N-ethyl adjacent to an activating group) is 1. The third kappa shape index (κ3) is 5.90. The normalized spacial score (nSPS) is 13.9. The summed E-state index contributed by atoms with van der Waals surface area (Å²) in [5.74, 6) is 1.39. The summed E-state index contributed by atoms with van der Waals surface area (Å²) < 4.78 is 16.4. The lowest BCUT2D eigenvalue weighted by atomic mass is 10.0. The zero-order chi connectivity index (χ0) is 25.5. The Labute approximate surface area is 211 Å². The second-order valence-electron chi connectivity index (χ2n) is 8.91. The number of hydrogen-bond donors (Lipinski definition) is 0. The van der Waals surface area contributed by atoms with Crippen molar-refractivity contribution in [3.8, 4) is 34.7 Å². The first kappa shape index (κ1) is 25.4. The van der Waals surface area contributed by atoms with Crippen molar-refractivity contribution in [3.05, 3.63) is 53.1 Å². The highest BCUT2D eigenvalue weighted by atomic mass is 16.6. The van der Waals surface area contributed by atoms with Gasteiger partial charge in [0.05, 0.1) is 24.0 Å². The van der Waals surface area contributed by atoms with E-state index in [0.717, 1.165) is 48.3 Å². The number of fused-ring (bicyclic) bond motifs is 1. The third-order valence-corrected chi connectivity index (χ3v) is 5.89. The summed E-state index contributed by atoms with van der Waals surface area (Å²) in [5, 5.41) is 18.2. The molecular weight excluding hydrogens is 458 g/mol. The summed E-state index contributed by atoms with van der Waals surface area (Å²) in [4.78, 5) is 12.4. The molecule has 0 saturated carbocycles. The lowest BCUT2D eigenvalue weighted by Crippen LogP contribution is -2.26. The molecule has 1 aliphatic rings. The van der Waals surface area contributed by atoms with E-state index in [4.69, 9.17) is 18.8 Å². The lowest BCUT2D eigenvalue weighted by molar-refractivity contribution is 0.104. The van der Waals surface area contributed by atoms with E-state index >= 15 is 0 Å². The van der Waals surface area contributed by atoms with Gasteiger partial charge in [0, 0.05) is 36.9 Å². The van der Waals surface area contributed by atoms with E-state index in [0.29, 0.717) is 41.8 Å². The second-order valence-corrected chi connectivity index (χ2v) is 8.91. The molecule has 0 atom stereocenters. The molecule has 188 valence electrons. The van der Waals surface area contributed by atoms with E-state index in [2.05, 4.69) is 26.3 Å². The quantitative estimate of drug-likeness (QED) is 0.290. The Hall–Kier alpha value is -3.74. The fourth-order valence-corrected chi connectivity index (χ4v) is 4.05. The highest BCUT2D eigenvalue weighted by molar-refractivity contribution is 6.05. The van der Waals surface area contributed by atoms with Crippen LogP contribution in [0.15, 0.2) is 46.1 Å². The summed E-state index contributed by atoms with van der Waals surface area (Å²) >= 11 is 0. The molecule has 1 heterocycles. The monoisotopic (exact) mass is 489 g/mol. The van der Waals surface area contributed by atoms with Crippen LogP contribution in [0.5, 0.6) is 5.75 Å². The first-order valence-electron chi connectivity index (χ1n) is 12.0. The number of nitrogens with zero attached hydrogens (tertiary/aromatic N) is 5. The molecule has 0 aliphatic heterocycles. The van der Waals surface area contributed by atoms with Crippen LogP contribution in [0.25, 0.3) is 22.8 Å². The summed E-state index contributed by atoms with van der Waals surface area (Å²) in [6.45, 7) is 6.67. The zero-order valence-electron chi connectivity index (χ0n) is 21.2. The van der Waals surface area contributed by atoms with Gasteiger partial charge in [-0.25, -0.2) is 0 Å². The number of ether oxygens (including phenoxy) is 2. The molecule has 4 rings (SSSR count). The molecule has 3 aromatic rings. The molecule has 9 heteroatoms. The fourth-order valence-electron chi connectivity index (χ4n) is 4.05. The van der Waals surface area contributed by atoms with E-state index in [9.17, 15) is 5.26 Å². The topological polar surface area (TPSA) is 106 Å². The van der Waals surface area contributed by atoms with Gasteiger partial charge in [-0.05, 0) is 57.5 Å². The molecule has 0 fully saturated rings. The van der Waals surface area contributed by atoms with Crippen LogP contribution in [0, 0.1) is 11.3 Å². The summed E-state index contributed by atoms with van der Waals surface area (Å²) in [6.07, 6.45) is 1.59. The standard InChI is InChI=1S/C27H31N5O4/c1-18(2)35-25-11-8-19(16-20(25)17-28)27-29-26(31-36-27)23-7-5-6-22-21(23)9-10-24(22)30-34-15-13-32(3)12-14-33-4/h5-8,11,16,18H,9-10,12-15H2,1-4H3/b30-24+. The molecule has 0 spiro atoms. The average Bonchev–Trinajstić information content (AvgIpc) is 3.53. The molecule has 0 amide bonds. The number of methoxy groups -OCH3 is 1. The van der Waals surface area contributed by atoms with E-state index in [1.54, 1.807) is 19.2 Å². The summed E-state index contributed by atoms with van der Waals surface area (Å²) in [6, 6.07) is 13.5. The van der Waals surface area contributed by atoms with Crippen LogP contribution in [0.1, 0.15) is 37.0 Å². The summed E-state index contributed by atoms with van der Waals surface area (Å²) in [5.41, 5.74) is 5.10. The Bertz CT molecular complexity index is 1260. The molecule has 0 N–H and O–H groups in total. The van der Waals surface area contributed by atoms with Crippen molar-refractivity contribution in [1.82, 2.24) is 15.0 Å². The van der Waals surface area contributed by atoms with Gasteiger partial charge in [0.2, 0.25) is 5.82 Å². The SMILES string of the molecule is COCCN(C)CCO/N=C1\CCc2c1cccc2-c1noc(-c2ccc(OC(C)C)c(C#N)c2)n1. The lowest BCUT2D eigenvalue weighted by Gasteiger charge is -2.14. The van der Waals surface area contributed by atoms with Gasteiger partial charge in [0.1, 0.15) is 18.4 Å². The smallest absolute Gasteiger partial charge is 0.258 e. The van der Waals surface area contributed by atoms with E-state index in [1.165, 1.54) is 0 Å². The third-order valence-electron chi connectivity index (χ3n) is 5.89. The van der Waals surface area contributed by atoms with Gasteiger partial charge in [-0.15, -0.1) is 0 Å². The number of oxime groups is 1. The van der Waals surface area contributed by atoms with Crippen LogP contribution in [-0.2, 0) is 16.0 Å². The van der Waals surface area contributed by atoms with Crippen LogP contribution in [0.3, 0.4) is 0 Å². The molecule has 0 radical (unpaired) electrons. The Morgan fingerprint density at radius 1 is 1.14 bits per heavy atom. The predicted octanol–water partition coefficient (Wildman–Crippen LogP) is 4.31. The highest BCUT2D eigenvalue weighted by Gasteiger charge is 2.24. The Morgan fingerprint density at radius 3 is 2.72 bits per heavy atom. The van der Waals surface area contributed by atoms with Crippen molar-refractivity contribution in [2.24, 2.45) is 5.16 Å². The minimum Gasteiger partial charge on any atom is -0.490 e. The molecule has 0 saturated heterocycles. The average molecular weight is 490 g/mol. The van der Waals surface area contributed by atoms with Gasteiger partial charge >= 0.3 is 0 Å². The maximum Gasteiger partial charge on any atom is 0.258 e. The van der Waals surface area contributed by atoms with Crippen LogP contribution in [0.2, 0.25) is 0 Å². The molecule has 0 bridgehead atoms. The van der Waals surface area contributed by atoms with Gasteiger partial charge in [-0.3, -0.25) is 0 Å². The van der Waals surface area contributed by atoms with Gasteiger partial charge in [0.25, 0.3) is 5.89 Å². The first-order valence-corrected chi connectivity index (χ1v) is 12.0.